The molecule has 0 radical (unpaired) electrons. The molecule has 0 saturated heterocycles. The Morgan fingerprint density at radius 2 is 1.87 bits per heavy atom. The molecule has 23 heavy (non-hydrogen) atoms. The van der Waals surface area contributed by atoms with Crippen LogP contribution in [0, 0.1) is 0 Å². The molecule has 0 aliphatic rings. The highest BCUT2D eigenvalue weighted by Gasteiger charge is 2.08. The summed E-state index contributed by atoms with van der Waals surface area (Å²) in [6.45, 7) is 1.93. The van der Waals surface area contributed by atoms with Gasteiger partial charge in [-0.05, 0) is 48.9 Å². The van der Waals surface area contributed by atoms with Crippen LogP contribution in [-0.2, 0) is 4.79 Å². The summed E-state index contributed by atoms with van der Waals surface area (Å²) < 4.78 is 5.61. The fourth-order valence-electron chi connectivity index (χ4n) is 1.90. The number of amides is 1. The van der Waals surface area contributed by atoms with Gasteiger partial charge in [0.1, 0.15) is 11.5 Å². The Balaban J connectivity index is 2.08. The quantitative estimate of drug-likeness (QED) is 0.812. The average Bonchev–Trinajstić information content (AvgIpc) is 2.51. The van der Waals surface area contributed by atoms with E-state index in [9.17, 15) is 9.59 Å². The molecule has 0 unspecified atom stereocenters. The van der Waals surface area contributed by atoms with Crippen LogP contribution in [0.4, 0.5) is 5.69 Å². The van der Waals surface area contributed by atoms with Crippen molar-refractivity contribution in [3.05, 3.63) is 53.1 Å². The van der Waals surface area contributed by atoms with E-state index in [-0.39, 0.29) is 11.5 Å². The molecule has 2 rings (SSSR count). The number of halogens is 1. The molecular formula is C17H16ClNO4. The Labute approximate surface area is 138 Å². The molecule has 2 aromatic carbocycles. The van der Waals surface area contributed by atoms with Crippen LogP contribution >= 0.6 is 11.6 Å². The molecule has 0 spiro atoms. The third-order valence-corrected chi connectivity index (χ3v) is 3.32. The van der Waals surface area contributed by atoms with Gasteiger partial charge in [-0.15, -0.1) is 0 Å². The van der Waals surface area contributed by atoms with Crippen LogP contribution in [0.1, 0.15) is 30.1 Å². The van der Waals surface area contributed by atoms with Gasteiger partial charge in [-0.1, -0.05) is 18.5 Å². The van der Waals surface area contributed by atoms with Crippen LogP contribution in [0.2, 0.25) is 5.02 Å². The zero-order valence-electron chi connectivity index (χ0n) is 12.5. The summed E-state index contributed by atoms with van der Waals surface area (Å²) in [5, 5.41) is 12.0. The monoisotopic (exact) mass is 333 g/mol. The molecule has 0 aliphatic heterocycles. The maximum atomic E-state index is 11.6. The van der Waals surface area contributed by atoms with Crippen LogP contribution < -0.4 is 10.1 Å². The van der Waals surface area contributed by atoms with Gasteiger partial charge in [0.15, 0.2) is 0 Å². The van der Waals surface area contributed by atoms with E-state index in [0.29, 0.717) is 28.6 Å². The van der Waals surface area contributed by atoms with E-state index < -0.39 is 5.97 Å². The van der Waals surface area contributed by atoms with E-state index in [1.54, 1.807) is 30.3 Å². The fraction of sp³-hybridized carbons (Fsp3) is 0.176. The molecule has 2 aromatic rings. The average molecular weight is 334 g/mol. The topological polar surface area (TPSA) is 75.6 Å². The van der Waals surface area contributed by atoms with E-state index in [1.165, 1.54) is 12.1 Å². The van der Waals surface area contributed by atoms with Crippen molar-refractivity contribution in [1.82, 2.24) is 0 Å². The number of hydrogen-bond acceptors (Lipinski definition) is 3. The van der Waals surface area contributed by atoms with Gasteiger partial charge in [-0.3, -0.25) is 4.79 Å². The normalized spacial score (nSPS) is 10.2. The Hall–Kier alpha value is -2.53. The molecule has 5 nitrogen and oxygen atoms in total. The van der Waals surface area contributed by atoms with Gasteiger partial charge in [0.05, 0.1) is 10.6 Å². The Morgan fingerprint density at radius 1 is 1.17 bits per heavy atom. The minimum atomic E-state index is -0.998. The number of ether oxygens (including phenoxy) is 1. The maximum absolute atomic E-state index is 11.6. The number of benzene rings is 2. The Morgan fingerprint density at radius 3 is 2.43 bits per heavy atom. The van der Waals surface area contributed by atoms with Crippen molar-refractivity contribution in [2.75, 3.05) is 5.32 Å². The number of nitrogens with one attached hydrogen (secondary N) is 1. The summed E-state index contributed by atoms with van der Waals surface area (Å²) >= 11 is 6.15. The molecule has 6 heteroatoms. The number of carbonyl (C=O) groups is 2. The number of carboxylic acids is 1. The first kappa shape index (κ1) is 16.8. The van der Waals surface area contributed by atoms with Crippen molar-refractivity contribution in [1.29, 1.82) is 0 Å². The van der Waals surface area contributed by atoms with E-state index in [4.69, 9.17) is 21.4 Å². The second kappa shape index (κ2) is 7.65. The molecule has 0 aromatic heterocycles. The second-order valence-corrected chi connectivity index (χ2v) is 5.28. The SMILES string of the molecule is CCCC(=O)Nc1ccc(Oc2ccc(C(=O)O)cc2)c(Cl)c1. The second-order valence-electron chi connectivity index (χ2n) is 4.87. The summed E-state index contributed by atoms with van der Waals surface area (Å²) in [5.41, 5.74) is 0.777. The van der Waals surface area contributed by atoms with E-state index in [1.807, 2.05) is 6.92 Å². The van der Waals surface area contributed by atoms with Crippen molar-refractivity contribution >= 4 is 29.2 Å². The predicted octanol–water partition coefficient (Wildman–Crippen LogP) is 4.57. The van der Waals surface area contributed by atoms with Crippen molar-refractivity contribution in [2.24, 2.45) is 0 Å². The minimum Gasteiger partial charge on any atom is -0.478 e. The number of carbonyl (C=O) groups excluding carboxylic acids is 1. The maximum Gasteiger partial charge on any atom is 0.335 e. The summed E-state index contributed by atoms with van der Waals surface area (Å²) in [7, 11) is 0. The molecule has 0 atom stereocenters. The summed E-state index contributed by atoms with van der Waals surface area (Å²) in [6.07, 6.45) is 1.22. The van der Waals surface area contributed by atoms with Crippen LogP contribution in [-0.4, -0.2) is 17.0 Å². The minimum absolute atomic E-state index is 0.0681. The summed E-state index contributed by atoms with van der Waals surface area (Å²) in [6, 6.07) is 11.0. The molecular weight excluding hydrogens is 318 g/mol. The van der Waals surface area contributed by atoms with Crippen LogP contribution in [0.15, 0.2) is 42.5 Å². The molecule has 0 saturated carbocycles. The lowest BCUT2D eigenvalue weighted by Crippen LogP contribution is -2.10. The largest absolute Gasteiger partial charge is 0.478 e. The Kier molecular flexibility index (Phi) is 5.60. The molecule has 0 aliphatic carbocycles. The number of carboxylic acid groups (broad SMARTS) is 1. The first-order chi connectivity index (χ1) is 11.0. The third-order valence-electron chi connectivity index (χ3n) is 3.02. The van der Waals surface area contributed by atoms with Gasteiger partial charge in [0.25, 0.3) is 0 Å². The van der Waals surface area contributed by atoms with Gasteiger partial charge >= 0.3 is 5.97 Å². The standard InChI is InChI=1S/C17H16ClNO4/c1-2-3-16(20)19-12-6-9-15(14(18)10-12)23-13-7-4-11(5-8-13)17(21)22/h4-10H,2-3H2,1H3,(H,19,20)(H,21,22). The van der Waals surface area contributed by atoms with Gasteiger partial charge in [-0.2, -0.15) is 0 Å². The van der Waals surface area contributed by atoms with Gasteiger partial charge in [0, 0.05) is 12.1 Å². The van der Waals surface area contributed by atoms with Gasteiger partial charge in [0.2, 0.25) is 5.91 Å². The first-order valence-electron chi connectivity index (χ1n) is 7.10. The number of aromatic carboxylic acids is 1. The molecule has 0 heterocycles. The lowest BCUT2D eigenvalue weighted by molar-refractivity contribution is -0.116. The first-order valence-corrected chi connectivity index (χ1v) is 7.48. The van der Waals surface area contributed by atoms with Crippen molar-refractivity contribution in [3.63, 3.8) is 0 Å². The van der Waals surface area contributed by atoms with E-state index in [2.05, 4.69) is 5.32 Å². The third kappa shape index (κ3) is 4.72. The fourth-order valence-corrected chi connectivity index (χ4v) is 2.12. The van der Waals surface area contributed by atoms with E-state index >= 15 is 0 Å². The molecule has 0 bridgehead atoms. The number of anilines is 1. The van der Waals surface area contributed by atoms with Crippen molar-refractivity contribution in [3.8, 4) is 11.5 Å². The molecule has 2 N–H and O–H groups in total. The van der Waals surface area contributed by atoms with Crippen LogP contribution in [0.3, 0.4) is 0 Å². The highest BCUT2D eigenvalue weighted by atomic mass is 35.5. The Bertz CT molecular complexity index is 713. The highest BCUT2D eigenvalue weighted by Crippen LogP contribution is 2.31. The molecule has 1 amide bonds. The molecule has 120 valence electrons. The van der Waals surface area contributed by atoms with Gasteiger partial charge in [-0.25, -0.2) is 4.79 Å². The summed E-state index contributed by atoms with van der Waals surface area (Å²) in [5.74, 6) is -0.175. The van der Waals surface area contributed by atoms with Crippen molar-refractivity contribution < 1.29 is 19.4 Å². The zero-order valence-corrected chi connectivity index (χ0v) is 13.3. The van der Waals surface area contributed by atoms with Crippen molar-refractivity contribution in [2.45, 2.75) is 19.8 Å². The summed E-state index contributed by atoms with van der Waals surface area (Å²) in [4.78, 5) is 22.4. The highest BCUT2D eigenvalue weighted by molar-refractivity contribution is 6.32. The van der Waals surface area contributed by atoms with Gasteiger partial charge < -0.3 is 15.2 Å². The number of hydrogen-bond donors (Lipinski definition) is 2. The smallest absolute Gasteiger partial charge is 0.335 e. The predicted molar refractivity (Wildman–Crippen MR) is 88.5 cm³/mol. The lowest BCUT2D eigenvalue weighted by atomic mass is 10.2. The zero-order chi connectivity index (χ0) is 16.8. The van der Waals surface area contributed by atoms with Crippen LogP contribution in [0.5, 0.6) is 11.5 Å². The lowest BCUT2D eigenvalue weighted by Gasteiger charge is -2.10. The molecule has 0 fully saturated rings. The van der Waals surface area contributed by atoms with E-state index in [0.717, 1.165) is 6.42 Å². The number of rotatable bonds is 6. The van der Waals surface area contributed by atoms with Crippen LogP contribution in [0.25, 0.3) is 0 Å².